The number of aldehydes is 1. The van der Waals surface area contributed by atoms with Gasteiger partial charge in [0.05, 0.1) is 6.10 Å². The highest BCUT2D eigenvalue weighted by atomic mass is 28.4. The summed E-state index contributed by atoms with van der Waals surface area (Å²) in [7, 11) is -1.87. The number of carbonyl (C=O) groups excluding carboxylic acids is 1. The summed E-state index contributed by atoms with van der Waals surface area (Å²) in [6.07, 6.45) is 8.66. The molecular formula is C16H28O2Si. The molecule has 2 nitrogen and oxygen atoms in total. The van der Waals surface area contributed by atoms with E-state index in [1.807, 2.05) is 13.0 Å². The second-order valence-electron chi connectivity index (χ2n) is 6.67. The molecule has 3 heteroatoms. The molecular weight excluding hydrogens is 252 g/mol. The number of hydrogen-bond acceptors (Lipinski definition) is 2. The van der Waals surface area contributed by atoms with Crippen LogP contribution < -0.4 is 0 Å². The van der Waals surface area contributed by atoms with Crippen LogP contribution in [0.1, 0.15) is 41.0 Å². The molecule has 0 amide bonds. The molecule has 0 aromatic heterocycles. The van der Waals surface area contributed by atoms with E-state index in [1.165, 1.54) is 0 Å². The second kappa shape index (κ2) is 7.07. The molecule has 0 aromatic rings. The van der Waals surface area contributed by atoms with Crippen molar-refractivity contribution in [3.63, 3.8) is 0 Å². The number of rotatable bonds is 6. The molecule has 0 aromatic carbocycles. The third-order valence-electron chi connectivity index (χ3n) is 3.91. The van der Waals surface area contributed by atoms with Crippen molar-refractivity contribution in [2.45, 2.75) is 65.3 Å². The first-order valence-corrected chi connectivity index (χ1v) is 9.72. The van der Waals surface area contributed by atoms with Crippen molar-refractivity contribution in [1.82, 2.24) is 0 Å². The fourth-order valence-corrected chi connectivity index (χ4v) is 2.99. The van der Waals surface area contributed by atoms with Crippen LogP contribution in [0.15, 0.2) is 11.6 Å². The van der Waals surface area contributed by atoms with Crippen LogP contribution in [0.3, 0.4) is 0 Å². The van der Waals surface area contributed by atoms with Gasteiger partial charge in [-0.1, -0.05) is 39.7 Å². The molecule has 2 atom stereocenters. The van der Waals surface area contributed by atoms with Gasteiger partial charge in [0.2, 0.25) is 0 Å². The second-order valence-corrected chi connectivity index (χ2v) is 11.4. The molecule has 0 rings (SSSR count). The van der Waals surface area contributed by atoms with Gasteiger partial charge in [0.25, 0.3) is 0 Å². The Balaban J connectivity index is 5.05. The highest BCUT2D eigenvalue weighted by molar-refractivity contribution is 6.74. The Hall–Kier alpha value is -0.853. The first-order valence-electron chi connectivity index (χ1n) is 6.81. The van der Waals surface area contributed by atoms with Crippen LogP contribution >= 0.6 is 0 Å². The average molecular weight is 280 g/mol. The Morgan fingerprint density at radius 2 is 1.95 bits per heavy atom. The van der Waals surface area contributed by atoms with E-state index in [1.54, 1.807) is 0 Å². The van der Waals surface area contributed by atoms with Crippen molar-refractivity contribution >= 4 is 14.6 Å². The van der Waals surface area contributed by atoms with Crippen LogP contribution in [0, 0.1) is 18.3 Å². The molecule has 0 aliphatic heterocycles. The van der Waals surface area contributed by atoms with Crippen LogP contribution in [0.4, 0.5) is 0 Å². The molecule has 0 saturated carbocycles. The summed E-state index contributed by atoms with van der Waals surface area (Å²) in [6, 6.07) is 0. The minimum absolute atomic E-state index is 0.0818. The number of allylic oxidation sites excluding steroid dienone is 1. The first-order chi connectivity index (χ1) is 8.55. The number of carbonyl (C=O) groups is 1. The molecule has 0 unspecified atom stereocenters. The topological polar surface area (TPSA) is 26.3 Å². The molecule has 108 valence electrons. The normalized spacial score (nSPS) is 16.6. The van der Waals surface area contributed by atoms with Crippen molar-refractivity contribution < 1.29 is 9.22 Å². The lowest BCUT2D eigenvalue weighted by molar-refractivity contribution is -0.109. The zero-order valence-corrected chi connectivity index (χ0v) is 14.4. The van der Waals surface area contributed by atoms with Gasteiger partial charge in [0, 0.05) is 12.3 Å². The summed E-state index contributed by atoms with van der Waals surface area (Å²) in [5.41, 5.74) is 0.891. The maximum absolute atomic E-state index is 10.9. The standard InChI is InChI=1S/C16H28O2Si/c1-9-13(2)12-14(3)15(10-11-17)18-19(7,8)16(4,5)6/h1,11-12,14-15H,10H2,2-8H3/b13-12+/t14-,15-/m0/s1. The van der Waals surface area contributed by atoms with Gasteiger partial charge in [-0.25, -0.2) is 0 Å². The van der Waals surface area contributed by atoms with Crippen LogP contribution in [0.25, 0.3) is 0 Å². The van der Waals surface area contributed by atoms with E-state index in [9.17, 15) is 4.79 Å². The molecule has 0 aliphatic carbocycles. The number of terminal acetylenes is 1. The van der Waals surface area contributed by atoms with Gasteiger partial charge in [-0.05, 0) is 30.6 Å². The molecule has 0 fully saturated rings. The lowest BCUT2D eigenvalue weighted by atomic mass is 10.00. The molecule has 0 saturated heterocycles. The smallest absolute Gasteiger partial charge is 0.192 e. The van der Waals surface area contributed by atoms with Crippen molar-refractivity contribution in [3.8, 4) is 12.3 Å². The summed E-state index contributed by atoms with van der Waals surface area (Å²) in [5.74, 6) is 2.76. The van der Waals surface area contributed by atoms with Crippen LogP contribution in [-0.2, 0) is 9.22 Å². The molecule has 0 aliphatic rings. The Labute approximate surface area is 119 Å². The SMILES string of the molecule is C#C/C(C)=C/[C@H](C)[C@H](CC=O)O[Si](C)(C)C(C)(C)C. The lowest BCUT2D eigenvalue weighted by Crippen LogP contribution is -2.45. The zero-order valence-electron chi connectivity index (χ0n) is 13.4. The van der Waals surface area contributed by atoms with E-state index in [0.29, 0.717) is 6.42 Å². The highest BCUT2D eigenvalue weighted by Gasteiger charge is 2.39. The van der Waals surface area contributed by atoms with Crippen LogP contribution in [0.2, 0.25) is 18.1 Å². The fourth-order valence-electron chi connectivity index (χ4n) is 1.57. The zero-order chi connectivity index (χ0) is 15.3. The van der Waals surface area contributed by atoms with Gasteiger partial charge in [0.1, 0.15) is 6.29 Å². The van der Waals surface area contributed by atoms with Crippen LogP contribution in [0.5, 0.6) is 0 Å². The van der Waals surface area contributed by atoms with Gasteiger partial charge in [-0.15, -0.1) is 6.42 Å². The van der Waals surface area contributed by atoms with Gasteiger partial charge in [0.15, 0.2) is 8.32 Å². The Morgan fingerprint density at radius 1 is 1.42 bits per heavy atom. The van der Waals surface area contributed by atoms with Gasteiger partial charge in [-0.2, -0.15) is 0 Å². The molecule has 0 radical (unpaired) electrons. The average Bonchev–Trinajstić information content (AvgIpc) is 2.26. The lowest BCUT2D eigenvalue weighted by Gasteiger charge is -2.40. The minimum atomic E-state index is -1.87. The Kier molecular flexibility index (Phi) is 6.75. The van der Waals surface area contributed by atoms with Gasteiger partial charge >= 0.3 is 0 Å². The van der Waals surface area contributed by atoms with Crippen molar-refractivity contribution in [2.75, 3.05) is 0 Å². The number of hydrogen-bond donors (Lipinski definition) is 0. The maximum Gasteiger partial charge on any atom is 0.192 e. The fraction of sp³-hybridized carbons (Fsp3) is 0.688. The van der Waals surface area contributed by atoms with E-state index in [0.717, 1.165) is 11.9 Å². The van der Waals surface area contributed by atoms with Crippen LogP contribution in [-0.4, -0.2) is 20.7 Å². The molecule has 0 heterocycles. The first kappa shape index (κ1) is 18.1. The van der Waals surface area contributed by atoms with Gasteiger partial charge in [-0.3, -0.25) is 0 Å². The van der Waals surface area contributed by atoms with Crippen molar-refractivity contribution in [3.05, 3.63) is 11.6 Å². The molecule has 0 spiro atoms. The quantitative estimate of drug-likeness (QED) is 0.414. The summed E-state index contributed by atoms with van der Waals surface area (Å²) in [5, 5.41) is 0.138. The summed E-state index contributed by atoms with van der Waals surface area (Å²) < 4.78 is 6.34. The van der Waals surface area contributed by atoms with Gasteiger partial charge < -0.3 is 9.22 Å². The summed E-state index contributed by atoms with van der Waals surface area (Å²) in [6.45, 7) is 15.0. The maximum atomic E-state index is 10.9. The third kappa shape index (κ3) is 5.75. The largest absolute Gasteiger partial charge is 0.413 e. The molecule has 0 bridgehead atoms. The Morgan fingerprint density at radius 3 is 2.32 bits per heavy atom. The van der Waals surface area contributed by atoms with E-state index < -0.39 is 8.32 Å². The molecule has 19 heavy (non-hydrogen) atoms. The van der Waals surface area contributed by atoms with Crippen molar-refractivity contribution in [1.29, 1.82) is 0 Å². The summed E-state index contributed by atoms with van der Waals surface area (Å²) >= 11 is 0. The van der Waals surface area contributed by atoms with E-state index in [4.69, 9.17) is 10.8 Å². The van der Waals surface area contributed by atoms with E-state index in [-0.39, 0.29) is 17.1 Å². The van der Waals surface area contributed by atoms with E-state index in [2.05, 4.69) is 46.7 Å². The predicted octanol–water partition coefficient (Wildman–Crippen LogP) is 4.18. The monoisotopic (exact) mass is 280 g/mol. The van der Waals surface area contributed by atoms with E-state index >= 15 is 0 Å². The molecule has 0 N–H and O–H groups in total. The Bertz CT molecular complexity index is 369. The minimum Gasteiger partial charge on any atom is -0.413 e. The summed E-state index contributed by atoms with van der Waals surface area (Å²) in [4.78, 5) is 10.9. The third-order valence-corrected chi connectivity index (χ3v) is 8.41. The van der Waals surface area contributed by atoms with Crippen molar-refractivity contribution in [2.24, 2.45) is 5.92 Å². The highest BCUT2D eigenvalue weighted by Crippen LogP contribution is 2.38. The predicted molar refractivity (Wildman–Crippen MR) is 84.5 cm³/mol.